The Morgan fingerprint density at radius 3 is 2.36 bits per heavy atom. The Labute approximate surface area is 149 Å². The molecule has 0 radical (unpaired) electrons. The van der Waals surface area contributed by atoms with Crippen molar-refractivity contribution in [2.45, 2.75) is 33.6 Å². The van der Waals surface area contributed by atoms with Gasteiger partial charge in [-0.3, -0.25) is 9.59 Å². The summed E-state index contributed by atoms with van der Waals surface area (Å²) < 4.78 is 5.44. The highest BCUT2D eigenvalue weighted by Crippen LogP contribution is 2.29. The van der Waals surface area contributed by atoms with Gasteiger partial charge in [-0.25, -0.2) is 0 Å². The number of hydrogen-bond donors (Lipinski definition) is 0. The van der Waals surface area contributed by atoms with E-state index in [0.717, 1.165) is 24.5 Å². The molecule has 1 aromatic carbocycles. The minimum Gasteiger partial charge on any atom is -0.494 e. The standard InChI is InChI=1S/C20H28N2O3/c1-4-25-18-7-5-17(6-8-18)22-13-16(10-19(22)23)20(24)21-11-14(2)9-15(3)12-21/h5-8,14-16H,4,9-13H2,1-3H3/t14-,15-,16+/m0/s1. The Morgan fingerprint density at radius 2 is 1.76 bits per heavy atom. The maximum Gasteiger partial charge on any atom is 0.228 e. The third-order valence-electron chi connectivity index (χ3n) is 5.11. The first-order valence-electron chi connectivity index (χ1n) is 9.30. The zero-order valence-corrected chi connectivity index (χ0v) is 15.4. The molecule has 136 valence electrons. The highest BCUT2D eigenvalue weighted by molar-refractivity contribution is 6.00. The lowest BCUT2D eigenvalue weighted by Gasteiger charge is -2.36. The lowest BCUT2D eigenvalue weighted by Crippen LogP contribution is -2.45. The zero-order chi connectivity index (χ0) is 18.0. The molecule has 2 fully saturated rings. The molecular weight excluding hydrogens is 316 g/mol. The van der Waals surface area contributed by atoms with E-state index in [1.165, 1.54) is 6.42 Å². The van der Waals surface area contributed by atoms with Gasteiger partial charge in [0.1, 0.15) is 5.75 Å². The SMILES string of the molecule is CCOc1ccc(N2C[C@H](C(=O)N3C[C@@H](C)C[C@H](C)C3)CC2=O)cc1. The van der Waals surface area contributed by atoms with Gasteiger partial charge in [0.2, 0.25) is 11.8 Å². The van der Waals surface area contributed by atoms with Gasteiger partial charge in [-0.05, 0) is 49.4 Å². The smallest absolute Gasteiger partial charge is 0.228 e. The largest absolute Gasteiger partial charge is 0.494 e. The van der Waals surface area contributed by atoms with E-state index in [0.29, 0.717) is 31.4 Å². The predicted molar refractivity (Wildman–Crippen MR) is 97.6 cm³/mol. The van der Waals surface area contributed by atoms with Crippen LogP contribution in [0.25, 0.3) is 0 Å². The monoisotopic (exact) mass is 344 g/mol. The van der Waals surface area contributed by atoms with Gasteiger partial charge in [-0.1, -0.05) is 13.8 Å². The number of carbonyl (C=O) groups is 2. The maximum atomic E-state index is 12.9. The molecule has 0 saturated carbocycles. The average Bonchev–Trinajstić information content (AvgIpc) is 2.96. The first-order chi connectivity index (χ1) is 12.0. The summed E-state index contributed by atoms with van der Waals surface area (Å²) in [4.78, 5) is 29.0. The van der Waals surface area contributed by atoms with Crippen LogP contribution < -0.4 is 9.64 Å². The van der Waals surface area contributed by atoms with Crippen molar-refractivity contribution in [3.05, 3.63) is 24.3 Å². The summed E-state index contributed by atoms with van der Waals surface area (Å²) >= 11 is 0. The van der Waals surface area contributed by atoms with Crippen LogP contribution in [0.3, 0.4) is 0 Å². The molecule has 0 spiro atoms. The van der Waals surface area contributed by atoms with Crippen molar-refractivity contribution >= 4 is 17.5 Å². The fourth-order valence-electron chi connectivity index (χ4n) is 4.11. The van der Waals surface area contributed by atoms with E-state index in [2.05, 4.69) is 13.8 Å². The quantitative estimate of drug-likeness (QED) is 0.844. The highest BCUT2D eigenvalue weighted by Gasteiger charge is 2.38. The van der Waals surface area contributed by atoms with E-state index >= 15 is 0 Å². The number of ether oxygens (including phenoxy) is 1. The molecule has 0 bridgehead atoms. The second-order valence-corrected chi connectivity index (χ2v) is 7.52. The molecule has 5 heteroatoms. The molecule has 3 atom stereocenters. The third-order valence-corrected chi connectivity index (χ3v) is 5.11. The van der Waals surface area contributed by atoms with Crippen LogP contribution in [0, 0.1) is 17.8 Å². The van der Waals surface area contributed by atoms with Gasteiger partial charge in [-0.15, -0.1) is 0 Å². The van der Waals surface area contributed by atoms with Gasteiger partial charge in [-0.2, -0.15) is 0 Å². The number of rotatable bonds is 4. The molecule has 5 nitrogen and oxygen atoms in total. The molecule has 1 aromatic rings. The minimum absolute atomic E-state index is 0.0283. The Morgan fingerprint density at radius 1 is 1.12 bits per heavy atom. The van der Waals surface area contributed by atoms with Gasteiger partial charge in [0.25, 0.3) is 0 Å². The fourth-order valence-corrected chi connectivity index (χ4v) is 4.11. The Balaban J connectivity index is 1.66. The van der Waals surface area contributed by atoms with Gasteiger partial charge in [0.15, 0.2) is 0 Å². The van der Waals surface area contributed by atoms with Gasteiger partial charge in [0.05, 0.1) is 12.5 Å². The first-order valence-corrected chi connectivity index (χ1v) is 9.30. The van der Waals surface area contributed by atoms with E-state index in [-0.39, 0.29) is 17.7 Å². The molecule has 2 aliphatic heterocycles. The molecule has 0 N–H and O–H groups in total. The molecule has 2 amide bonds. The van der Waals surface area contributed by atoms with Gasteiger partial charge in [0, 0.05) is 31.7 Å². The van der Waals surface area contributed by atoms with Crippen LogP contribution in [0.5, 0.6) is 5.75 Å². The van der Waals surface area contributed by atoms with Crippen molar-refractivity contribution in [1.82, 2.24) is 4.90 Å². The summed E-state index contributed by atoms with van der Waals surface area (Å²) in [6.07, 6.45) is 1.48. The first kappa shape index (κ1) is 17.8. The van der Waals surface area contributed by atoms with E-state index < -0.39 is 0 Å². The summed E-state index contributed by atoms with van der Waals surface area (Å²) in [7, 11) is 0. The van der Waals surface area contributed by atoms with Crippen molar-refractivity contribution in [1.29, 1.82) is 0 Å². The number of likely N-dealkylation sites (tertiary alicyclic amines) is 1. The summed E-state index contributed by atoms with van der Waals surface area (Å²) in [6.45, 7) is 9.06. The van der Waals surface area contributed by atoms with E-state index in [4.69, 9.17) is 4.74 Å². The average molecular weight is 344 g/mol. The van der Waals surface area contributed by atoms with Gasteiger partial charge < -0.3 is 14.5 Å². The van der Waals surface area contributed by atoms with E-state index in [9.17, 15) is 9.59 Å². The summed E-state index contributed by atoms with van der Waals surface area (Å²) in [5, 5.41) is 0. The Kier molecular flexibility index (Phi) is 5.30. The van der Waals surface area contributed by atoms with Crippen molar-refractivity contribution in [2.75, 3.05) is 31.1 Å². The number of piperidine rings is 1. The highest BCUT2D eigenvalue weighted by atomic mass is 16.5. The lowest BCUT2D eigenvalue weighted by molar-refractivity contribution is -0.138. The van der Waals surface area contributed by atoms with Crippen molar-refractivity contribution < 1.29 is 14.3 Å². The fraction of sp³-hybridized carbons (Fsp3) is 0.600. The zero-order valence-electron chi connectivity index (χ0n) is 15.4. The molecule has 0 unspecified atom stereocenters. The number of nitrogens with zero attached hydrogens (tertiary/aromatic N) is 2. The summed E-state index contributed by atoms with van der Waals surface area (Å²) in [6, 6.07) is 7.52. The van der Waals surface area contributed by atoms with E-state index in [1.54, 1.807) is 4.90 Å². The number of hydrogen-bond acceptors (Lipinski definition) is 3. The van der Waals surface area contributed by atoms with Crippen LogP contribution in [-0.4, -0.2) is 43.0 Å². The minimum atomic E-state index is -0.225. The van der Waals surface area contributed by atoms with Crippen LogP contribution in [-0.2, 0) is 9.59 Å². The number of carbonyl (C=O) groups excluding carboxylic acids is 2. The number of benzene rings is 1. The lowest BCUT2D eigenvalue weighted by atomic mass is 9.91. The van der Waals surface area contributed by atoms with Crippen LogP contribution >= 0.6 is 0 Å². The Hall–Kier alpha value is -2.04. The summed E-state index contributed by atoms with van der Waals surface area (Å²) in [5.41, 5.74) is 0.837. The number of anilines is 1. The second-order valence-electron chi connectivity index (χ2n) is 7.52. The predicted octanol–water partition coefficient (Wildman–Crippen LogP) is 2.94. The normalized spacial score (nSPS) is 26.8. The molecule has 0 aromatic heterocycles. The molecule has 0 aliphatic carbocycles. The third kappa shape index (κ3) is 3.97. The molecule has 2 saturated heterocycles. The molecule has 2 heterocycles. The molecule has 3 rings (SSSR count). The van der Waals surface area contributed by atoms with Crippen LogP contribution in [0.15, 0.2) is 24.3 Å². The molecular formula is C20H28N2O3. The van der Waals surface area contributed by atoms with Crippen molar-refractivity contribution in [3.63, 3.8) is 0 Å². The van der Waals surface area contributed by atoms with Crippen molar-refractivity contribution in [3.8, 4) is 5.75 Å². The van der Waals surface area contributed by atoms with Gasteiger partial charge >= 0.3 is 0 Å². The van der Waals surface area contributed by atoms with Crippen LogP contribution in [0.2, 0.25) is 0 Å². The second kappa shape index (κ2) is 7.46. The number of amides is 2. The van der Waals surface area contributed by atoms with Crippen LogP contribution in [0.4, 0.5) is 5.69 Å². The maximum absolute atomic E-state index is 12.9. The summed E-state index contributed by atoms with van der Waals surface area (Å²) in [5.74, 6) is 1.80. The Bertz CT molecular complexity index is 618. The van der Waals surface area contributed by atoms with Crippen molar-refractivity contribution in [2.24, 2.45) is 17.8 Å². The molecule has 2 aliphatic rings. The van der Waals surface area contributed by atoms with E-state index in [1.807, 2.05) is 36.1 Å². The topological polar surface area (TPSA) is 49.9 Å². The molecule has 25 heavy (non-hydrogen) atoms. The van der Waals surface area contributed by atoms with Crippen LogP contribution in [0.1, 0.15) is 33.6 Å².